The summed E-state index contributed by atoms with van der Waals surface area (Å²) in [6.07, 6.45) is 55.5. The zero-order valence-corrected chi connectivity index (χ0v) is 43.5. The van der Waals surface area contributed by atoms with Crippen molar-refractivity contribution in [1.29, 1.82) is 0 Å². The third-order valence-corrected chi connectivity index (χ3v) is 13.3. The van der Waals surface area contributed by atoms with Crippen molar-refractivity contribution in [3.63, 3.8) is 0 Å². The summed E-state index contributed by atoms with van der Waals surface area (Å²) in [5.41, 5.74) is 0. The second-order valence-corrected chi connectivity index (χ2v) is 21.2. The molecule has 4 unspecified atom stereocenters. The molecule has 0 aromatic rings. The van der Waals surface area contributed by atoms with E-state index in [1.54, 1.807) is 0 Å². The third kappa shape index (κ3) is 53.3. The minimum atomic E-state index is 0.00979. The van der Waals surface area contributed by atoms with Crippen LogP contribution in [-0.2, 0) is 9.53 Å². The smallest absolute Gasteiger partial charge is 0.305 e. The molecule has 0 radical (unpaired) electrons. The van der Waals surface area contributed by atoms with Crippen LogP contribution < -0.4 is 0 Å². The Labute approximate surface area is 381 Å². The second-order valence-electron chi connectivity index (χ2n) is 21.2. The lowest BCUT2D eigenvalue weighted by molar-refractivity contribution is -0.143. The molecule has 0 bridgehead atoms. The van der Waals surface area contributed by atoms with Crippen molar-refractivity contribution in [2.75, 3.05) is 6.61 Å². The highest BCUT2D eigenvalue weighted by Gasteiger charge is 2.09. The predicted molar refractivity (Wildman–Crippen MR) is 273 cm³/mol. The van der Waals surface area contributed by atoms with Crippen molar-refractivity contribution in [2.45, 2.75) is 313 Å². The molecular weight excluding hydrogens is 729 g/mol. The van der Waals surface area contributed by atoms with Crippen molar-refractivity contribution < 1.29 is 9.53 Å². The van der Waals surface area contributed by atoms with Crippen molar-refractivity contribution in [3.05, 3.63) is 12.2 Å². The molecule has 0 spiro atoms. The summed E-state index contributed by atoms with van der Waals surface area (Å²) >= 11 is 0. The molecule has 0 saturated carbocycles. The number of hydrogen-bond acceptors (Lipinski definition) is 2. The van der Waals surface area contributed by atoms with Gasteiger partial charge in [-0.15, -0.1) is 0 Å². The molecule has 4 atom stereocenters. The Hall–Kier alpha value is -0.790. The highest BCUT2D eigenvalue weighted by atomic mass is 16.5. The number of hydrogen-bond donors (Lipinski definition) is 0. The lowest BCUT2D eigenvalue weighted by Crippen LogP contribution is -2.05. The minimum absolute atomic E-state index is 0.00979. The molecule has 0 aliphatic rings. The molecule has 0 aliphatic heterocycles. The number of rotatable bonds is 45. The molecule has 0 rings (SSSR count). The highest BCUT2D eigenvalue weighted by Crippen LogP contribution is 2.24. The lowest BCUT2D eigenvalue weighted by atomic mass is 9.90. The zero-order valence-electron chi connectivity index (χ0n) is 43.5. The molecule has 0 saturated heterocycles. The van der Waals surface area contributed by atoms with Crippen LogP contribution in [0.25, 0.3) is 0 Å². The van der Waals surface area contributed by atoms with Crippen LogP contribution >= 0.6 is 0 Å². The minimum Gasteiger partial charge on any atom is -0.466 e. The van der Waals surface area contributed by atoms with Gasteiger partial charge in [0.05, 0.1) is 6.61 Å². The lowest BCUT2D eigenvalue weighted by Gasteiger charge is -2.16. The van der Waals surface area contributed by atoms with Gasteiger partial charge in [0.2, 0.25) is 0 Å². The summed E-state index contributed by atoms with van der Waals surface area (Å²) in [7, 11) is 0. The standard InChI is InChI=1S/C30H62.C28H54O2/c1-25(2)15-11-19-29(7)23-13-21-27(5)17-9-10-18-28(6)22-14-24-30(8)20-12-16-26(3)4;1-3-5-7-9-11-13-14-15-16-17-18-19-20-22-24-26-28(29)30-27-25-23-21-12-10-8-6-4-2/h25-30H,9-24H2,1-8H3;15-16H,3-14,17-27H2,1-2H3/b;16-15-. The van der Waals surface area contributed by atoms with Gasteiger partial charge < -0.3 is 4.74 Å². The first kappa shape index (κ1) is 61.3. The number of ether oxygens (including phenoxy) is 1. The van der Waals surface area contributed by atoms with E-state index in [1.807, 2.05) is 0 Å². The molecule has 60 heavy (non-hydrogen) atoms. The largest absolute Gasteiger partial charge is 0.466 e. The van der Waals surface area contributed by atoms with Gasteiger partial charge >= 0.3 is 5.97 Å². The van der Waals surface area contributed by atoms with Gasteiger partial charge in [-0.05, 0) is 74.0 Å². The van der Waals surface area contributed by atoms with E-state index in [1.165, 1.54) is 218 Å². The fraction of sp³-hybridized carbons (Fsp3) is 0.948. The number of esters is 1. The van der Waals surface area contributed by atoms with Crippen LogP contribution in [0.4, 0.5) is 0 Å². The van der Waals surface area contributed by atoms with Crippen molar-refractivity contribution in [3.8, 4) is 0 Å². The van der Waals surface area contributed by atoms with Gasteiger partial charge in [-0.2, -0.15) is 0 Å². The first-order valence-corrected chi connectivity index (χ1v) is 27.8. The van der Waals surface area contributed by atoms with E-state index < -0.39 is 0 Å². The van der Waals surface area contributed by atoms with E-state index >= 15 is 0 Å². The van der Waals surface area contributed by atoms with E-state index in [0.717, 1.165) is 54.8 Å². The Morgan fingerprint density at radius 3 is 1.02 bits per heavy atom. The van der Waals surface area contributed by atoms with Crippen LogP contribution in [0.3, 0.4) is 0 Å². The van der Waals surface area contributed by atoms with Crippen LogP contribution in [0.5, 0.6) is 0 Å². The molecule has 2 heteroatoms. The summed E-state index contributed by atoms with van der Waals surface area (Å²) in [4.78, 5) is 11.8. The van der Waals surface area contributed by atoms with Gasteiger partial charge in [-0.1, -0.05) is 280 Å². The first-order valence-electron chi connectivity index (χ1n) is 27.8. The number of carbonyl (C=O) groups excluding carboxylic acids is 1. The first-order chi connectivity index (χ1) is 29.0. The summed E-state index contributed by atoms with van der Waals surface area (Å²) in [6, 6.07) is 0. The topological polar surface area (TPSA) is 26.3 Å². The second kappa shape index (κ2) is 49.2. The number of unbranched alkanes of at least 4 members (excludes halogenated alkanes) is 19. The van der Waals surface area contributed by atoms with E-state index in [4.69, 9.17) is 4.74 Å². The van der Waals surface area contributed by atoms with Crippen LogP contribution in [-0.4, -0.2) is 12.6 Å². The summed E-state index contributed by atoms with van der Waals surface area (Å²) in [5.74, 6) is 5.52. The van der Waals surface area contributed by atoms with Gasteiger partial charge in [0, 0.05) is 6.42 Å². The Morgan fingerprint density at radius 2 is 0.650 bits per heavy atom. The maximum atomic E-state index is 11.8. The van der Waals surface area contributed by atoms with Crippen LogP contribution in [0.15, 0.2) is 12.2 Å². The van der Waals surface area contributed by atoms with Crippen LogP contribution in [0.2, 0.25) is 0 Å². The van der Waals surface area contributed by atoms with Crippen LogP contribution in [0.1, 0.15) is 313 Å². The monoisotopic (exact) mass is 845 g/mol. The van der Waals surface area contributed by atoms with Gasteiger partial charge in [0.15, 0.2) is 0 Å². The quantitative estimate of drug-likeness (QED) is 0.0347. The highest BCUT2D eigenvalue weighted by molar-refractivity contribution is 5.69. The Kier molecular flexibility index (Phi) is 50.3. The molecule has 0 heterocycles. The van der Waals surface area contributed by atoms with Gasteiger partial charge in [0.25, 0.3) is 0 Å². The third-order valence-electron chi connectivity index (χ3n) is 13.3. The van der Waals surface area contributed by atoms with Crippen molar-refractivity contribution in [2.24, 2.45) is 35.5 Å². The number of allylic oxidation sites excluding steroid dienone is 2. The molecule has 0 aromatic carbocycles. The summed E-state index contributed by atoms with van der Waals surface area (Å²) in [5, 5.41) is 0. The zero-order chi connectivity index (χ0) is 44.7. The van der Waals surface area contributed by atoms with E-state index in [2.05, 4.69) is 81.4 Å². The SMILES string of the molecule is CC(C)CCCC(C)CCCC(C)CCCCC(C)CCCC(C)CCCC(C)C.CCCCCCCC/C=C\CCCCCCCC(=O)OCCCCCCCCCC. The molecule has 0 aromatic heterocycles. The molecular formula is C58H116O2. The summed E-state index contributed by atoms with van der Waals surface area (Å²) in [6.45, 7) is 24.5. The van der Waals surface area contributed by atoms with Crippen molar-refractivity contribution >= 4 is 5.97 Å². The van der Waals surface area contributed by atoms with E-state index in [9.17, 15) is 4.79 Å². The molecule has 0 amide bonds. The molecule has 0 N–H and O–H groups in total. The summed E-state index contributed by atoms with van der Waals surface area (Å²) < 4.78 is 5.36. The Bertz CT molecular complexity index is 810. The van der Waals surface area contributed by atoms with Crippen LogP contribution in [0, 0.1) is 35.5 Å². The fourth-order valence-electron chi connectivity index (χ4n) is 8.78. The van der Waals surface area contributed by atoms with E-state index in [-0.39, 0.29) is 5.97 Å². The number of carbonyl (C=O) groups is 1. The maximum Gasteiger partial charge on any atom is 0.305 e. The fourth-order valence-corrected chi connectivity index (χ4v) is 8.78. The molecule has 360 valence electrons. The average Bonchev–Trinajstić information content (AvgIpc) is 3.20. The molecule has 0 fully saturated rings. The Morgan fingerprint density at radius 1 is 0.350 bits per heavy atom. The van der Waals surface area contributed by atoms with Crippen molar-refractivity contribution in [1.82, 2.24) is 0 Å². The Balaban J connectivity index is 0. The van der Waals surface area contributed by atoms with Gasteiger partial charge in [-0.25, -0.2) is 0 Å². The average molecular weight is 846 g/mol. The predicted octanol–water partition coefficient (Wildman–Crippen LogP) is 20.8. The normalized spacial score (nSPS) is 13.8. The molecule has 0 aliphatic carbocycles. The van der Waals surface area contributed by atoms with E-state index in [0.29, 0.717) is 13.0 Å². The van der Waals surface area contributed by atoms with Gasteiger partial charge in [0.1, 0.15) is 0 Å². The molecule has 2 nitrogen and oxygen atoms in total. The maximum absolute atomic E-state index is 11.8. The van der Waals surface area contributed by atoms with Gasteiger partial charge in [-0.3, -0.25) is 4.79 Å².